The number of ether oxygens (including phenoxy) is 1. The van der Waals surface area contributed by atoms with E-state index >= 15 is 0 Å². The number of para-hydroxylation sites is 2. The summed E-state index contributed by atoms with van der Waals surface area (Å²) < 4.78 is 5.46. The van der Waals surface area contributed by atoms with E-state index in [1.54, 1.807) is 7.11 Å². The Morgan fingerprint density at radius 2 is 1.77 bits per heavy atom. The summed E-state index contributed by atoms with van der Waals surface area (Å²) in [5, 5.41) is 1.89. The second-order valence-corrected chi connectivity index (χ2v) is 7.90. The molecule has 1 aromatic heterocycles. The molecule has 5 rings (SSSR count). The zero-order chi connectivity index (χ0) is 20.7. The molecule has 2 heterocycles. The summed E-state index contributed by atoms with van der Waals surface area (Å²) >= 11 is 6.14. The fourth-order valence-electron chi connectivity index (χ4n) is 4.43. The Kier molecular flexibility index (Phi) is 4.72. The Morgan fingerprint density at radius 1 is 1.03 bits per heavy atom. The van der Waals surface area contributed by atoms with Gasteiger partial charge in [-0.1, -0.05) is 54.1 Å². The Labute approximate surface area is 180 Å². The monoisotopic (exact) mass is 416 g/mol. The van der Waals surface area contributed by atoms with Crippen molar-refractivity contribution in [2.24, 2.45) is 0 Å². The minimum absolute atomic E-state index is 0.0447. The van der Waals surface area contributed by atoms with Gasteiger partial charge in [0.1, 0.15) is 5.75 Å². The number of carbonyl (C=O) groups is 1. The molecule has 4 nitrogen and oxygen atoms in total. The summed E-state index contributed by atoms with van der Waals surface area (Å²) in [6, 6.07) is 23.2. The second-order valence-electron chi connectivity index (χ2n) is 7.47. The number of nitrogens with one attached hydrogen (secondary N) is 1. The van der Waals surface area contributed by atoms with Crippen LogP contribution < -0.4 is 4.74 Å². The van der Waals surface area contributed by atoms with Gasteiger partial charge in [-0.3, -0.25) is 4.79 Å². The van der Waals surface area contributed by atoms with E-state index in [-0.39, 0.29) is 11.9 Å². The minimum Gasteiger partial charge on any atom is -0.496 e. The molecule has 0 fully saturated rings. The lowest BCUT2D eigenvalue weighted by atomic mass is 9.91. The number of H-pyrrole nitrogens is 1. The molecule has 0 aliphatic carbocycles. The van der Waals surface area contributed by atoms with Crippen molar-refractivity contribution >= 4 is 28.4 Å². The molecule has 0 saturated carbocycles. The highest BCUT2D eigenvalue weighted by molar-refractivity contribution is 6.30. The van der Waals surface area contributed by atoms with Crippen LogP contribution in [0.5, 0.6) is 5.75 Å². The van der Waals surface area contributed by atoms with E-state index in [4.69, 9.17) is 16.3 Å². The van der Waals surface area contributed by atoms with E-state index in [1.165, 1.54) is 10.9 Å². The van der Waals surface area contributed by atoms with E-state index in [0.717, 1.165) is 23.2 Å². The Morgan fingerprint density at radius 3 is 2.57 bits per heavy atom. The largest absolute Gasteiger partial charge is 0.496 e. The van der Waals surface area contributed by atoms with Crippen molar-refractivity contribution in [3.63, 3.8) is 0 Å². The number of aromatic nitrogens is 1. The van der Waals surface area contributed by atoms with Gasteiger partial charge < -0.3 is 14.6 Å². The molecule has 30 heavy (non-hydrogen) atoms. The third-order valence-electron chi connectivity index (χ3n) is 5.82. The summed E-state index contributed by atoms with van der Waals surface area (Å²) in [7, 11) is 1.59. The van der Waals surface area contributed by atoms with Crippen LogP contribution in [0.15, 0.2) is 72.8 Å². The number of methoxy groups -OCH3 is 1. The number of halogens is 1. The standard InChI is InChI=1S/C25H21ClN2O2/c1-30-22-9-5-3-7-20(22)25(29)28-15-14-19-18-6-2-4-8-21(18)27-23(19)24(28)16-10-12-17(26)13-11-16/h2-13,24,27H,14-15H2,1H3. The molecule has 0 saturated heterocycles. The van der Waals surface area contributed by atoms with Crippen LogP contribution in [0.2, 0.25) is 5.02 Å². The third kappa shape index (κ3) is 3.04. The van der Waals surface area contributed by atoms with E-state index < -0.39 is 0 Å². The predicted octanol–water partition coefficient (Wildman–Crippen LogP) is 5.62. The molecule has 0 bridgehead atoms. The SMILES string of the molecule is COc1ccccc1C(=O)N1CCc2c([nH]c3ccccc23)C1c1ccc(Cl)cc1. The van der Waals surface area contributed by atoms with Crippen molar-refractivity contribution in [2.45, 2.75) is 12.5 Å². The summed E-state index contributed by atoms with van der Waals surface area (Å²) in [6.45, 7) is 0.624. The first-order valence-corrected chi connectivity index (χ1v) is 10.3. The molecule has 1 unspecified atom stereocenters. The number of hydrogen-bond donors (Lipinski definition) is 1. The quantitative estimate of drug-likeness (QED) is 0.471. The molecule has 1 amide bonds. The number of amides is 1. The number of carbonyl (C=O) groups excluding carboxylic acids is 1. The van der Waals surface area contributed by atoms with Gasteiger partial charge in [0.15, 0.2) is 0 Å². The van der Waals surface area contributed by atoms with Gasteiger partial charge in [0, 0.05) is 28.2 Å². The van der Waals surface area contributed by atoms with Crippen molar-refractivity contribution in [3.8, 4) is 5.75 Å². The highest BCUT2D eigenvalue weighted by atomic mass is 35.5. The minimum atomic E-state index is -0.226. The Balaban J connectivity index is 1.67. The van der Waals surface area contributed by atoms with Gasteiger partial charge in [0.25, 0.3) is 5.91 Å². The molecular weight excluding hydrogens is 396 g/mol. The maximum atomic E-state index is 13.7. The smallest absolute Gasteiger partial charge is 0.258 e. The molecule has 1 aliphatic heterocycles. The van der Waals surface area contributed by atoms with E-state index in [9.17, 15) is 4.79 Å². The first-order valence-electron chi connectivity index (χ1n) is 9.96. The van der Waals surface area contributed by atoms with Crippen LogP contribution in [0.4, 0.5) is 0 Å². The normalized spacial score (nSPS) is 15.8. The molecular formula is C25H21ClN2O2. The molecule has 0 spiro atoms. The number of benzene rings is 3. The molecule has 1 atom stereocenters. The van der Waals surface area contributed by atoms with E-state index in [2.05, 4.69) is 23.2 Å². The van der Waals surface area contributed by atoms with E-state index in [0.29, 0.717) is 22.9 Å². The number of fused-ring (bicyclic) bond motifs is 3. The first kappa shape index (κ1) is 18.8. The van der Waals surface area contributed by atoms with Crippen molar-refractivity contribution in [2.75, 3.05) is 13.7 Å². The maximum absolute atomic E-state index is 13.7. The molecule has 3 aromatic carbocycles. The van der Waals surface area contributed by atoms with Crippen LogP contribution in [0, 0.1) is 0 Å². The van der Waals surface area contributed by atoms with Crippen molar-refractivity contribution < 1.29 is 9.53 Å². The van der Waals surface area contributed by atoms with Gasteiger partial charge in [0.05, 0.1) is 18.7 Å². The van der Waals surface area contributed by atoms with Gasteiger partial charge in [-0.25, -0.2) is 0 Å². The lowest BCUT2D eigenvalue weighted by Gasteiger charge is -2.36. The summed E-state index contributed by atoms with van der Waals surface area (Å²) in [5.41, 5.74) is 5.02. The number of aromatic amines is 1. The van der Waals surface area contributed by atoms with Gasteiger partial charge in [-0.05, 0) is 47.9 Å². The first-order chi connectivity index (χ1) is 14.7. The maximum Gasteiger partial charge on any atom is 0.258 e. The summed E-state index contributed by atoms with van der Waals surface area (Å²) in [4.78, 5) is 19.2. The second kappa shape index (κ2) is 7.54. The average molecular weight is 417 g/mol. The lowest BCUT2D eigenvalue weighted by molar-refractivity contribution is 0.0688. The molecule has 1 N–H and O–H groups in total. The molecule has 150 valence electrons. The third-order valence-corrected chi connectivity index (χ3v) is 6.07. The van der Waals surface area contributed by atoms with E-state index in [1.807, 2.05) is 59.5 Å². The Bertz CT molecular complexity index is 1230. The fraction of sp³-hybridized carbons (Fsp3) is 0.160. The summed E-state index contributed by atoms with van der Waals surface area (Å²) in [6.07, 6.45) is 0.796. The van der Waals surface area contributed by atoms with Gasteiger partial charge in [0.2, 0.25) is 0 Å². The van der Waals surface area contributed by atoms with Crippen LogP contribution in [-0.4, -0.2) is 29.4 Å². The highest BCUT2D eigenvalue weighted by Crippen LogP contribution is 2.40. The molecule has 1 aliphatic rings. The fourth-order valence-corrected chi connectivity index (χ4v) is 4.55. The molecule has 0 radical (unpaired) electrons. The Hall–Kier alpha value is -3.24. The predicted molar refractivity (Wildman–Crippen MR) is 119 cm³/mol. The van der Waals surface area contributed by atoms with Crippen LogP contribution in [0.1, 0.15) is 33.2 Å². The topological polar surface area (TPSA) is 45.3 Å². The summed E-state index contributed by atoms with van der Waals surface area (Å²) in [5.74, 6) is 0.538. The van der Waals surface area contributed by atoms with Gasteiger partial charge >= 0.3 is 0 Å². The van der Waals surface area contributed by atoms with Gasteiger partial charge in [-0.2, -0.15) is 0 Å². The number of hydrogen-bond acceptors (Lipinski definition) is 2. The van der Waals surface area contributed by atoms with Crippen molar-refractivity contribution in [1.82, 2.24) is 9.88 Å². The van der Waals surface area contributed by atoms with Crippen LogP contribution in [0.25, 0.3) is 10.9 Å². The number of nitrogens with zero attached hydrogens (tertiary/aromatic N) is 1. The number of rotatable bonds is 3. The molecule has 4 aromatic rings. The van der Waals surface area contributed by atoms with Crippen LogP contribution >= 0.6 is 11.6 Å². The highest BCUT2D eigenvalue weighted by Gasteiger charge is 2.35. The van der Waals surface area contributed by atoms with Crippen LogP contribution in [0.3, 0.4) is 0 Å². The van der Waals surface area contributed by atoms with Crippen molar-refractivity contribution in [3.05, 3.63) is 100 Å². The zero-order valence-corrected chi connectivity index (χ0v) is 17.3. The van der Waals surface area contributed by atoms with Gasteiger partial charge in [-0.15, -0.1) is 0 Å². The zero-order valence-electron chi connectivity index (χ0n) is 16.6. The lowest BCUT2D eigenvalue weighted by Crippen LogP contribution is -2.40. The van der Waals surface area contributed by atoms with Crippen LogP contribution in [-0.2, 0) is 6.42 Å². The molecule has 5 heteroatoms. The average Bonchev–Trinajstić information content (AvgIpc) is 3.17. The van der Waals surface area contributed by atoms with Crippen molar-refractivity contribution in [1.29, 1.82) is 0 Å².